The van der Waals surface area contributed by atoms with E-state index in [0.717, 1.165) is 6.92 Å². The molecule has 1 aromatic rings. The zero-order valence-electron chi connectivity index (χ0n) is 5.43. The number of rotatable bonds is 0. The minimum atomic E-state index is -0.833. The van der Waals surface area contributed by atoms with Crippen LogP contribution in [0, 0.1) is 0 Å². The lowest BCUT2D eigenvalue weighted by Crippen LogP contribution is -1.78. The molecule has 5 nitrogen and oxygen atoms in total. The highest BCUT2D eigenvalue weighted by molar-refractivity contribution is 5.62. The fourth-order valence-corrected chi connectivity index (χ4v) is 0.205. The summed E-state index contributed by atoms with van der Waals surface area (Å²) >= 11 is 0. The van der Waals surface area contributed by atoms with E-state index >= 15 is 0 Å². The number of carboxylic acids is 1. The zero-order chi connectivity index (χ0) is 7.82. The Labute approximate surface area is 57.7 Å². The van der Waals surface area contributed by atoms with Crippen LogP contribution in [0.15, 0.2) is 18.5 Å². The number of hydrogen-bond donors (Lipinski definition) is 1. The molecule has 0 amide bonds. The molecule has 0 unspecified atom stereocenters. The molecule has 1 heterocycles. The van der Waals surface area contributed by atoms with E-state index in [4.69, 9.17) is 9.90 Å². The molecule has 10 heavy (non-hydrogen) atoms. The van der Waals surface area contributed by atoms with Gasteiger partial charge in [0, 0.05) is 6.92 Å². The summed E-state index contributed by atoms with van der Waals surface area (Å²) in [6.45, 7) is 1.08. The molecular formula is C5H7N3O2. The van der Waals surface area contributed by atoms with Crippen molar-refractivity contribution in [3.05, 3.63) is 18.5 Å². The van der Waals surface area contributed by atoms with Crippen molar-refractivity contribution >= 4 is 5.97 Å². The topological polar surface area (TPSA) is 76.0 Å². The van der Waals surface area contributed by atoms with E-state index in [0.29, 0.717) is 0 Å². The highest BCUT2D eigenvalue weighted by atomic mass is 16.4. The molecule has 54 valence electrons. The highest BCUT2D eigenvalue weighted by Gasteiger charge is 1.65. The molecule has 0 spiro atoms. The molecule has 0 aliphatic carbocycles. The lowest BCUT2D eigenvalue weighted by molar-refractivity contribution is -0.134. The largest absolute Gasteiger partial charge is 0.481 e. The van der Waals surface area contributed by atoms with Gasteiger partial charge in [-0.2, -0.15) is 0 Å². The van der Waals surface area contributed by atoms with Crippen LogP contribution in [0.4, 0.5) is 0 Å². The molecule has 0 bridgehead atoms. The highest BCUT2D eigenvalue weighted by Crippen LogP contribution is 1.61. The maximum Gasteiger partial charge on any atom is 0.300 e. The Bertz CT molecular complexity index is 147. The average Bonchev–Trinajstić information content (AvgIpc) is 1.90. The van der Waals surface area contributed by atoms with Crippen molar-refractivity contribution in [1.82, 2.24) is 15.4 Å². The van der Waals surface area contributed by atoms with Gasteiger partial charge in [0.1, 0.15) is 0 Å². The normalized spacial score (nSPS) is 7.30. The third kappa shape index (κ3) is 9.70. The lowest BCUT2D eigenvalue weighted by atomic mass is 10.7. The Kier molecular flexibility index (Phi) is 4.76. The third-order valence-electron chi connectivity index (χ3n) is 0.409. The minimum absolute atomic E-state index is 0.833. The standard InChI is InChI=1S/C3H3N3.C2H4O2/c1-2-4-6-5-3-1;1-2(3)4/h1-3H;1H3,(H,3,4). The summed E-state index contributed by atoms with van der Waals surface area (Å²) in [5.74, 6) is -0.833. The second kappa shape index (κ2) is 5.61. The van der Waals surface area contributed by atoms with Crippen LogP contribution in [-0.2, 0) is 4.79 Å². The van der Waals surface area contributed by atoms with Crippen molar-refractivity contribution in [3.8, 4) is 0 Å². The van der Waals surface area contributed by atoms with Crippen LogP contribution in [0.1, 0.15) is 6.92 Å². The fraction of sp³-hybridized carbons (Fsp3) is 0.200. The predicted molar refractivity (Wildman–Crippen MR) is 33.1 cm³/mol. The van der Waals surface area contributed by atoms with Gasteiger partial charge >= 0.3 is 0 Å². The van der Waals surface area contributed by atoms with Gasteiger partial charge in [0.2, 0.25) is 0 Å². The molecule has 0 aromatic carbocycles. The number of aliphatic carboxylic acids is 1. The van der Waals surface area contributed by atoms with Gasteiger partial charge in [0.25, 0.3) is 5.97 Å². The number of carboxylic acid groups (broad SMARTS) is 1. The fourth-order valence-electron chi connectivity index (χ4n) is 0.205. The second-order valence-electron chi connectivity index (χ2n) is 1.33. The van der Waals surface area contributed by atoms with Crippen LogP contribution in [-0.4, -0.2) is 26.5 Å². The first-order valence-electron chi connectivity index (χ1n) is 2.51. The van der Waals surface area contributed by atoms with E-state index in [1.54, 1.807) is 18.5 Å². The van der Waals surface area contributed by atoms with Crippen LogP contribution in [0.3, 0.4) is 0 Å². The maximum atomic E-state index is 9.00. The van der Waals surface area contributed by atoms with Crippen LogP contribution in [0.5, 0.6) is 0 Å². The Hall–Kier alpha value is -1.52. The van der Waals surface area contributed by atoms with Crippen LogP contribution in [0.2, 0.25) is 0 Å². The molecule has 0 saturated carbocycles. The predicted octanol–water partition coefficient (Wildman–Crippen LogP) is -0.0375. The van der Waals surface area contributed by atoms with E-state index in [1.807, 2.05) is 0 Å². The van der Waals surface area contributed by atoms with Gasteiger partial charge in [0.05, 0.1) is 12.4 Å². The van der Waals surface area contributed by atoms with Crippen molar-refractivity contribution in [1.29, 1.82) is 0 Å². The minimum Gasteiger partial charge on any atom is -0.481 e. The number of carbonyl (C=O) groups is 1. The van der Waals surface area contributed by atoms with Gasteiger partial charge < -0.3 is 5.11 Å². The van der Waals surface area contributed by atoms with E-state index in [-0.39, 0.29) is 0 Å². The summed E-state index contributed by atoms with van der Waals surface area (Å²) in [6.07, 6.45) is 3.15. The first kappa shape index (κ1) is 8.48. The molecule has 1 N–H and O–H groups in total. The summed E-state index contributed by atoms with van der Waals surface area (Å²) in [5, 5.41) is 17.5. The van der Waals surface area contributed by atoms with E-state index < -0.39 is 5.97 Å². The quantitative estimate of drug-likeness (QED) is 0.548. The summed E-state index contributed by atoms with van der Waals surface area (Å²) in [5.41, 5.74) is 0. The average molecular weight is 141 g/mol. The molecule has 0 atom stereocenters. The van der Waals surface area contributed by atoms with Crippen molar-refractivity contribution in [2.24, 2.45) is 0 Å². The first-order valence-corrected chi connectivity index (χ1v) is 2.51. The van der Waals surface area contributed by atoms with E-state index in [2.05, 4.69) is 15.4 Å². The molecule has 0 fully saturated rings. The molecule has 0 aliphatic rings. The summed E-state index contributed by atoms with van der Waals surface area (Å²) in [4.78, 5) is 9.00. The molecule has 5 heteroatoms. The van der Waals surface area contributed by atoms with Crippen molar-refractivity contribution < 1.29 is 9.90 Å². The number of hydrogen-bond acceptors (Lipinski definition) is 4. The molecular weight excluding hydrogens is 134 g/mol. The Morgan fingerprint density at radius 2 is 1.80 bits per heavy atom. The molecule has 1 aromatic heterocycles. The van der Waals surface area contributed by atoms with Crippen LogP contribution in [0.25, 0.3) is 0 Å². The van der Waals surface area contributed by atoms with Crippen LogP contribution < -0.4 is 0 Å². The summed E-state index contributed by atoms with van der Waals surface area (Å²) in [6, 6.07) is 1.72. The Balaban J connectivity index is 0.000000180. The molecule has 0 radical (unpaired) electrons. The molecule has 0 saturated heterocycles. The van der Waals surface area contributed by atoms with Gasteiger partial charge in [0.15, 0.2) is 0 Å². The number of aromatic nitrogens is 3. The van der Waals surface area contributed by atoms with Gasteiger partial charge in [-0.1, -0.05) is 0 Å². The molecule has 0 aliphatic heterocycles. The van der Waals surface area contributed by atoms with Crippen molar-refractivity contribution in [2.75, 3.05) is 0 Å². The Morgan fingerprint density at radius 1 is 1.40 bits per heavy atom. The third-order valence-corrected chi connectivity index (χ3v) is 0.409. The number of nitrogens with zero attached hydrogens (tertiary/aromatic N) is 3. The summed E-state index contributed by atoms with van der Waals surface area (Å²) < 4.78 is 0. The first-order chi connectivity index (χ1) is 4.73. The zero-order valence-corrected chi connectivity index (χ0v) is 5.43. The second-order valence-corrected chi connectivity index (χ2v) is 1.33. The molecule has 1 rings (SSSR count). The van der Waals surface area contributed by atoms with Crippen molar-refractivity contribution in [3.63, 3.8) is 0 Å². The summed E-state index contributed by atoms with van der Waals surface area (Å²) in [7, 11) is 0. The van der Waals surface area contributed by atoms with Crippen molar-refractivity contribution in [2.45, 2.75) is 6.92 Å². The SMILES string of the molecule is CC(=O)O.c1cnnnc1. The van der Waals surface area contributed by atoms with E-state index in [9.17, 15) is 0 Å². The van der Waals surface area contributed by atoms with Gasteiger partial charge in [-0.3, -0.25) is 4.79 Å². The van der Waals surface area contributed by atoms with Crippen LogP contribution >= 0.6 is 0 Å². The van der Waals surface area contributed by atoms with E-state index in [1.165, 1.54) is 0 Å². The van der Waals surface area contributed by atoms with Gasteiger partial charge in [-0.15, -0.1) is 10.2 Å². The monoisotopic (exact) mass is 141 g/mol. The smallest absolute Gasteiger partial charge is 0.300 e. The maximum absolute atomic E-state index is 9.00. The van der Waals surface area contributed by atoms with Gasteiger partial charge in [-0.05, 0) is 11.3 Å². The Morgan fingerprint density at radius 3 is 1.90 bits per heavy atom. The lowest BCUT2D eigenvalue weighted by Gasteiger charge is -1.68. The van der Waals surface area contributed by atoms with Gasteiger partial charge in [-0.25, -0.2) is 0 Å².